The maximum Gasteiger partial charge on any atom is 0.216 e. The summed E-state index contributed by atoms with van der Waals surface area (Å²) in [5, 5.41) is 1.39. The van der Waals surface area contributed by atoms with Crippen molar-refractivity contribution >= 4 is 33.4 Å². The van der Waals surface area contributed by atoms with Crippen molar-refractivity contribution in [2.75, 3.05) is 25.1 Å². The van der Waals surface area contributed by atoms with Crippen molar-refractivity contribution in [2.24, 2.45) is 4.99 Å². The van der Waals surface area contributed by atoms with E-state index in [0.29, 0.717) is 36.4 Å². The van der Waals surface area contributed by atoms with Crippen LogP contribution in [0.5, 0.6) is 5.75 Å². The van der Waals surface area contributed by atoms with E-state index in [1.807, 2.05) is 30.4 Å². The molecule has 1 aliphatic heterocycles. The van der Waals surface area contributed by atoms with Crippen LogP contribution in [0.1, 0.15) is 5.56 Å². The Kier molecular flexibility index (Phi) is 5.08. The summed E-state index contributed by atoms with van der Waals surface area (Å²) in [6, 6.07) is 5.55. The largest absolute Gasteiger partial charge is 0.488 e. The molecule has 0 spiro atoms. The van der Waals surface area contributed by atoms with Crippen LogP contribution in [0, 0.1) is 0 Å². The molecule has 1 aromatic carbocycles. The second-order valence-electron chi connectivity index (χ2n) is 3.62. The minimum Gasteiger partial charge on any atom is -0.488 e. The third-order valence-electron chi connectivity index (χ3n) is 2.36. The molecule has 0 unspecified atom stereocenters. The number of hydrogen-bond donors (Lipinski definition) is 0. The summed E-state index contributed by atoms with van der Waals surface area (Å²) in [4.78, 5) is 4.24. The highest BCUT2D eigenvalue weighted by Gasteiger charge is 2.12. The Morgan fingerprint density at radius 3 is 3.00 bits per heavy atom. The van der Waals surface area contributed by atoms with Gasteiger partial charge in [-0.05, 0) is 18.2 Å². The van der Waals surface area contributed by atoms with Gasteiger partial charge in [-0.3, -0.25) is 0 Å². The number of aliphatic imine (C=N–C) groups is 1. The van der Waals surface area contributed by atoms with E-state index >= 15 is 0 Å². The summed E-state index contributed by atoms with van der Waals surface area (Å²) in [5.74, 6) is 1.32. The minimum absolute atomic E-state index is 0.502. The summed E-state index contributed by atoms with van der Waals surface area (Å²) in [7, 11) is 0. The Morgan fingerprint density at radius 2 is 2.33 bits per heavy atom. The number of benzene rings is 1. The van der Waals surface area contributed by atoms with E-state index in [9.17, 15) is 0 Å². The van der Waals surface area contributed by atoms with Crippen LogP contribution in [0.25, 0.3) is 0 Å². The Bertz CT molecular complexity index is 474. The van der Waals surface area contributed by atoms with Crippen LogP contribution in [0.15, 0.2) is 35.3 Å². The first kappa shape index (κ1) is 13.4. The van der Waals surface area contributed by atoms with Gasteiger partial charge in [0.1, 0.15) is 19.0 Å². The van der Waals surface area contributed by atoms with Gasteiger partial charge in [-0.2, -0.15) is 0 Å². The second-order valence-corrected chi connectivity index (χ2v) is 4.67. The quantitative estimate of drug-likeness (QED) is 0.611. The van der Waals surface area contributed by atoms with Crippen LogP contribution in [-0.2, 0) is 4.74 Å². The molecule has 0 amide bonds. The average Bonchev–Trinajstić information content (AvgIpc) is 2.90. The molecule has 96 valence electrons. The van der Waals surface area contributed by atoms with E-state index in [-0.39, 0.29) is 0 Å². The Morgan fingerprint density at radius 1 is 1.44 bits per heavy atom. The average molecular weight is 331 g/mol. The van der Waals surface area contributed by atoms with Crippen molar-refractivity contribution < 1.29 is 9.47 Å². The summed E-state index contributed by atoms with van der Waals surface area (Å²) < 4.78 is 10.9. The topological polar surface area (TPSA) is 30.8 Å². The molecule has 0 saturated heterocycles. The van der Waals surface area contributed by atoms with Crippen LogP contribution in [0.4, 0.5) is 0 Å². The van der Waals surface area contributed by atoms with Crippen molar-refractivity contribution in [3.05, 3.63) is 40.9 Å². The van der Waals surface area contributed by atoms with Crippen LogP contribution >= 0.6 is 27.5 Å². The van der Waals surface area contributed by atoms with E-state index < -0.39 is 0 Å². The third-order valence-corrected chi connectivity index (χ3v) is 3.02. The predicted octanol–water partition coefficient (Wildman–Crippen LogP) is 3.45. The molecule has 0 saturated carbocycles. The molecule has 18 heavy (non-hydrogen) atoms. The normalized spacial score (nSPS) is 14.7. The molecule has 5 heteroatoms. The SMILES string of the molecule is Clc1cc(C2=NCCO2)ccc1OC/C=C/CBr. The van der Waals surface area contributed by atoms with Gasteiger partial charge in [0.15, 0.2) is 0 Å². The summed E-state index contributed by atoms with van der Waals surface area (Å²) in [6.07, 6.45) is 3.91. The van der Waals surface area contributed by atoms with Crippen molar-refractivity contribution in [1.82, 2.24) is 0 Å². The van der Waals surface area contributed by atoms with Gasteiger partial charge < -0.3 is 9.47 Å². The smallest absolute Gasteiger partial charge is 0.216 e. The van der Waals surface area contributed by atoms with Crippen molar-refractivity contribution in [1.29, 1.82) is 0 Å². The molecule has 0 aliphatic carbocycles. The molecule has 0 fully saturated rings. The summed E-state index contributed by atoms with van der Waals surface area (Å²) in [5.41, 5.74) is 0.890. The minimum atomic E-state index is 0.502. The van der Waals surface area contributed by atoms with Crippen molar-refractivity contribution in [2.45, 2.75) is 0 Å². The van der Waals surface area contributed by atoms with E-state index in [2.05, 4.69) is 20.9 Å². The first-order valence-electron chi connectivity index (χ1n) is 5.62. The van der Waals surface area contributed by atoms with E-state index in [1.165, 1.54) is 0 Å². The highest BCUT2D eigenvalue weighted by atomic mass is 79.9. The monoisotopic (exact) mass is 329 g/mol. The number of allylic oxidation sites excluding steroid dienone is 1. The molecule has 3 nitrogen and oxygen atoms in total. The van der Waals surface area contributed by atoms with Gasteiger partial charge in [0.2, 0.25) is 5.90 Å². The first-order chi connectivity index (χ1) is 8.81. The zero-order chi connectivity index (χ0) is 12.8. The summed E-state index contributed by atoms with van der Waals surface area (Å²) >= 11 is 9.45. The van der Waals surface area contributed by atoms with Crippen LogP contribution in [0.2, 0.25) is 5.02 Å². The lowest BCUT2D eigenvalue weighted by Crippen LogP contribution is -2.02. The highest BCUT2D eigenvalue weighted by molar-refractivity contribution is 9.09. The molecule has 0 aromatic heterocycles. The van der Waals surface area contributed by atoms with Crippen LogP contribution < -0.4 is 4.74 Å². The fourth-order valence-corrected chi connectivity index (χ4v) is 2.03. The maximum atomic E-state index is 6.15. The first-order valence-corrected chi connectivity index (χ1v) is 7.12. The standard InChI is InChI=1S/C13H13BrClNO2/c14-5-1-2-7-17-12-4-3-10(9-11(12)15)13-16-6-8-18-13/h1-4,9H,5-8H2/b2-1+. The molecule has 0 radical (unpaired) electrons. The molecule has 1 heterocycles. The van der Waals surface area contributed by atoms with E-state index in [4.69, 9.17) is 21.1 Å². The van der Waals surface area contributed by atoms with Crippen LogP contribution in [-0.4, -0.2) is 31.0 Å². The molecule has 0 N–H and O–H groups in total. The van der Waals surface area contributed by atoms with Gasteiger partial charge >= 0.3 is 0 Å². The molecular formula is C13H13BrClNO2. The lowest BCUT2D eigenvalue weighted by molar-refractivity contribution is 0.348. The van der Waals surface area contributed by atoms with Crippen molar-refractivity contribution in [3.8, 4) is 5.75 Å². The fraction of sp³-hybridized carbons (Fsp3) is 0.308. The third kappa shape index (κ3) is 3.50. The molecule has 1 aromatic rings. The van der Waals surface area contributed by atoms with Gasteiger partial charge in [0.25, 0.3) is 0 Å². The maximum absolute atomic E-state index is 6.15. The molecule has 0 bridgehead atoms. The zero-order valence-corrected chi connectivity index (χ0v) is 12.1. The van der Waals surface area contributed by atoms with Gasteiger partial charge in [-0.1, -0.05) is 39.7 Å². The predicted molar refractivity (Wildman–Crippen MR) is 77.2 cm³/mol. The fourth-order valence-electron chi connectivity index (χ4n) is 1.53. The Hall–Kier alpha value is -1.00. The van der Waals surface area contributed by atoms with Crippen molar-refractivity contribution in [3.63, 3.8) is 0 Å². The second kappa shape index (κ2) is 6.81. The number of hydrogen-bond acceptors (Lipinski definition) is 3. The number of ether oxygens (including phenoxy) is 2. The molecule has 0 atom stereocenters. The number of halogens is 2. The summed E-state index contributed by atoms with van der Waals surface area (Å²) in [6.45, 7) is 1.85. The molecule has 1 aliphatic rings. The van der Waals surface area contributed by atoms with Crippen LogP contribution in [0.3, 0.4) is 0 Å². The lowest BCUT2D eigenvalue weighted by Gasteiger charge is -2.07. The Balaban J connectivity index is 2.03. The number of nitrogens with zero attached hydrogens (tertiary/aromatic N) is 1. The highest BCUT2D eigenvalue weighted by Crippen LogP contribution is 2.26. The number of alkyl halides is 1. The Labute approximate surface area is 120 Å². The van der Waals surface area contributed by atoms with E-state index in [1.54, 1.807) is 0 Å². The van der Waals surface area contributed by atoms with Gasteiger partial charge in [0.05, 0.1) is 11.6 Å². The zero-order valence-electron chi connectivity index (χ0n) is 9.73. The molecular weight excluding hydrogens is 318 g/mol. The molecule has 2 rings (SSSR count). The number of rotatable bonds is 5. The lowest BCUT2D eigenvalue weighted by atomic mass is 10.2. The van der Waals surface area contributed by atoms with E-state index in [0.717, 1.165) is 10.9 Å². The van der Waals surface area contributed by atoms with Gasteiger partial charge in [0, 0.05) is 10.9 Å². The van der Waals surface area contributed by atoms with Gasteiger partial charge in [-0.15, -0.1) is 0 Å². The van der Waals surface area contributed by atoms with Gasteiger partial charge in [-0.25, -0.2) is 4.99 Å².